The van der Waals surface area contributed by atoms with Gasteiger partial charge in [-0.1, -0.05) is 19.8 Å². The van der Waals surface area contributed by atoms with E-state index in [1.807, 2.05) is 4.90 Å². The lowest BCUT2D eigenvalue weighted by Crippen LogP contribution is -2.46. The lowest BCUT2D eigenvalue weighted by atomic mass is 10.1. The van der Waals surface area contributed by atoms with Crippen LogP contribution in [0.15, 0.2) is 4.99 Å². The van der Waals surface area contributed by atoms with Gasteiger partial charge < -0.3 is 20.4 Å². The van der Waals surface area contributed by atoms with Crippen molar-refractivity contribution in [2.75, 3.05) is 46.8 Å². The molecule has 23 heavy (non-hydrogen) atoms. The Morgan fingerprint density at radius 3 is 2.70 bits per heavy atom. The van der Waals surface area contributed by atoms with Crippen molar-refractivity contribution >= 4 is 11.9 Å². The monoisotopic (exact) mass is 323 g/mol. The number of likely N-dealkylation sites (tertiary alicyclic amines) is 1. The van der Waals surface area contributed by atoms with Gasteiger partial charge in [-0.3, -0.25) is 9.79 Å². The Morgan fingerprint density at radius 2 is 2.04 bits per heavy atom. The van der Waals surface area contributed by atoms with Crippen molar-refractivity contribution in [1.82, 2.24) is 20.4 Å². The molecule has 0 radical (unpaired) electrons. The van der Waals surface area contributed by atoms with Gasteiger partial charge in [-0.05, 0) is 32.9 Å². The molecule has 6 heteroatoms. The Balaban J connectivity index is 1.71. The molecule has 1 atom stereocenters. The Morgan fingerprint density at radius 1 is 1.30 bits per heavy atom. The molecule has 0 aromatic rings. The minimum Gasteiger partial charge on any atom is -0.355 e. The standard InChI is InChI=1S/C17H33N5O/c1-4-21(3)12-10-19-17(18-2)20-15-9-11-22(13-15)16(23)14-7-5-6-8-14/h14-15H,4-13H2,1-3H3,(H2,18,19,20). The molecule has 1 amide bonds. The van der Waals surface area contributed by atoms with Crippen LogP contribution >= 0.6 is 0 Å². The average molecular weight is 323 g/mol. The molecular formula is C17H33N5O. The highest BCUT2D eigenvalue weighted by Crippen LogP contribution is 2.27. The van der Waals surface area contributed by atoms with Crippen LogP contribution in [0, 0.1) is 5.92 Å². The molecule has 1 saturated heterocycles. The van der Waals surface area contributed by atoms with Crippen molar-refractivity contribution in [3.63, 3.8) is 0 Å². The summed E-state index contributed by atoms with van der Waals surface area (Å²) in [6.45, 7) is 6.76. The number of carbonyl (C=O) groups is 1. The van der Waals surface area contributed by atoms with E-state index in [0.717, 1.165) is 57.9 Å². The van der Waals surface area contributed by atoms with E-state index in [9.17, 15) is 4.79 Å². The number of nitrogens with one attached hydrogen (secondary N) is 2. The summed E-state index contributed by atoms with van der Waals surface area (Å²) in [6, 6.07) is 0.315. The highest BCUT2D eigenvalue weighted by Gasteiger charge is 2.32. The fourth-order valence-electron chi connectivity index (χ4n) is 3.42. The van der Waals surface area contributed by atoms with Crippen LogP contribution in [0.5, 0.6) is 0 Å². The minimum absolute atomic E-state index is 0.288. The number of amides is 1. The second-order valence-corrected chi connectivity index (χ2v) is 6.79. The third kappa shape index (κ3) is 5.37. The fraction of sp³-hybridized carbons (Fsp3) is 0.882. The van der Waals surface area contributed by atoms with E-state index < -0.39 is 0 Å². The zero-order valence-electron chi connectivity index (χ0n) is 15.0. The number of hydrogen-bond acceptors (Lipinski definition) is 3. The van der Waals surface area contributed by atoms with Gasteiger partial charge in [-0.25, -0.2) is 0 Å². The van der Waals surface area contributed by atoms with E-state index in [1.165, 1.54) is 12.8 Å². The van der Waals surface area contributed by atoms with Gasteiger partial charge in [0.15, 0.2) is 5.96 Å². The Labute approximate surface area is 140 Å². The normalized spacial score (nSPS) is 22.9. The molecule has 0 spiro atoms. The second kappa shape index (κ2) is 9.11. The van der Waals surface area contributed by atoms with E-state index in [1.54, 1.807) is 7.05 Å². The zero-order chi connectivity index (χ0) is 16.7. The van der Waals surface area contributed by atoms with Crippen LogP contribution in [-0.4, -0.2) is 74.5 Å². The molecule has 1 unspecified atom stereocenters. The summed E-state index contributed by atoms with van der Waals surface area (Å²) < 4.78 is 0. The highest BCUT2D eigenvalue weighted by molar-refractivity contribution is 5.81. The maximum atomic E-state index is 12.5. The van der Waals surface area contributed by atoms with Gasteiger partial charge in [0.2, 0.25) is 5.91 Å². The summed E-state index contributed by atoms with van der Waals surface area (Å²) in [5.41, 5.74) is 0. The largest absolute Gasteiger partial charge is 0.355 e. The topological polar surface area (TPSA) is 60.0 Å². The van der Waals surface area contributed by atoms with E-state index >= 15 is 0 Å². The van der Waals surface area contributed by atoms with Crippen LogP contribution in [0.4, 0.5) is 0 Å². The van der Waals surface area contributed by atoms with Crippen molar-refractivity contribution in [3.05, 3.63) is 0 Å². The molecule has 2 N–H and O–H groups in total. The van der Waals surface area contributed by atoms with Crippen molar-refractivity contribution < 1.29 is 4.79 Å². The summed E-state index contributed by atoms with van der Waals surface area (Å²) >= 11 is 0. The third-order valence-electron chi connectivity index (χ3n) is 5.09. The van der Waals surface area contributed by atoms with Crippen LogP contribution in [0.2, 0.25) is 0 Å². The first kappa shape index (κ1) is 18.0. The summed E-state index contributed by atoms with van der Waals surface area (Å²) in [6.07, 6.45) is 5.61. The molecule has 1 aliphatic carbocycles. The first-order chi connectivity index (χ1) is 11.1. The number of aliphatic imine (C=N–C) groups is 1. The van der Waals surface area contributed by atoms with Crippen LogP contribution in [-0.2, 0) is 4.79 Å². The molecule has 6 nitrogen and oxygen atoms in total. The molecule has 2 aliphatic rings. The van der Waals surface area contributed by atoms with Gasteiger partial charge in [0.25, 0.3) is 0 Å². The Bertz CT molecular complexity index is 406. The van der Waals surface area contributed by atoms with Crippen LogP contribution in [0.25, 0.3) is 0 Å². The number of rotatable bonds is 6. The SMILES string of the molecule is CCN(C)CCNC(=NC)NC1CCN(C(=O)C2CCCC2)C1. The molecule has 1 heterocycles. The second-order valence-electron chi connectivity index (χ2n) is 6.79. The van der Waals surface area contributed by atoms with Crippen molar-refractivity contribution in [2.45, 2.75) is 45.1 Å². The smallest absolute Gasteiger partial charge is 0.225 e. The summed E-state index contributed by atoms with van der Waals surface area (Å²) in [7, 11) is 3.91. The molecule has 0 aromatic carbocycles. The lowest BCUT2D eigenvalue weighted by molar-refractivity contribution is -0.134. The van der Waals surface area contributed by atoms with Crippen LogP contribution in [0.3, 0.4) is 0 Å². The molecule has 1 saturated carbocycles. The average Bonchev–Trinajstić information content (AvgIpc) is 3.24. The third-order valence-corrected chi connectivity index (χ3v) is 5.09. The van der Waals surface area contributed by atoms with Crippen LogP contribution < -0.4 is 10.6 Å². The van der Waals surface area contributed by atoms with Crippen molar-refractivity contribution in [2.24, 2.45) is 10.9 Å². The molecule has 132 valence electrons. The number of hydrogen-bond donors (Lipinski definition) is 2. The van der Waals surface area contributed by atoms with Gasteiger partial charge in [-0.2, -0.15) is 0 Å². The van der Waals surface area contributed by atoms with Gasteiger partial charge in [0, 0.05) is 45.2 Å². The van der Waals surface area contributed by atoms with Crippen LogP contribution in [0.1, 0.15) is 39.0 Å². The molecule has 2 rings (SSSR count). The molecule has 0 bridgehead atoms. The number of likely N-dealkylation sites (N-methyl/N-ethyl adjacent to an activating group) is 1. The Hall–Kier alpha value is -1.30. The van der Waals surface area contributed by atoms with Gasteiger partial charge in [0.05, 0.1) is 0 Å². The highest BCUT2D eigenvalue weighted by atomic mass is 16.2. The van der Waals surface area contributed by atoms with Crippen molar-refractivity contribution in [3.8, 4) is 0 Å². The van der Waals surface area contributed by atoms with Gasteiger partial charge in [-0.15, -0.1) is 0 Å². The molecule has 0 aromatic heterocycles. The first-order valence-electron chi connectivity index (χ1n) is 9.08. The maximum Gasteiger partial charge on any atom is 0.225 e. The minimum atomic E-state index is 0.288. The van der Waals surface area contributed by atoms with Gasteiger partial charge >= 0.3 is 0 Å². The predicted octanol–water partition coefficient (Wildman–Crippen LogP) is 0.894. The van der Waals surface area contributed by atoms with E-state index in [2.05, 4.69) is 34.5 Å². The van der Waals surface area contributed by atoms with E-state index in [4.69, 9.17) is 0 Å². The molecule has 2 fully saturated rings. The predicted molar refractivity (Wildman–Crippen MR) is 94.6 cm³/mol. The first-order valence-corrected chi connectivity index (χ1v) is 9.08. The molecule has 1 aliphatic heterocycles. The zero-order valence-corrected chi connectivity index (χ0v) is 15.0. The molecular weight excluding hydrogens is 290 g/mol. The summed E-state index contributed by atoms with van der Waals surface area (Å²) in [5, 5.41) is 6.81. The van der Waals surface area contributed by atoms with E-state index in [-0.39, 0.29) is 5.92 Å². The van der Waals surface area contributed by atoms with E-state index in [0.29, 0.717) is 11.9 Å². The maximum absolute atomic E-state index is 12.5. The number of nitrogens with zero attached hydrogens (tertiary/aromatic N) is 3. The summed E-state index contributed by atoms with van der Waals surface area (Å²) in [4.78, 5) is 21.1. The number of carbonyl (C=O) groups excluding carboxylic acids is 1. The fourth-order valence-corrected chi connectivity index (χ4v) is 3.42. The van der Waals surface area contributed by atoms with Crippen molar-refractivity contribution in [1.29, 1.82) is 0 Å². The summed E-state index contributed by atoms with van der Waals surface area (Å²) in [5.74, 6) is 1.50. The lowest BCUT2D eigenvalue weighted by Gasteiger charge is -2.22. The quantitative estimate of drug-likeness (QED) is 0.563. The van der Waals surface area contributed by atoms with Gasteiger partial charge in [0.1, 0.15) is 0 Å². The number of guanidine groups is 1. The Kier molecular flexibility index (Phi) is 7.15.